The molecule has 37 heavy (non-hydrogen) atoms. The minimum absolute atomic E-state index is 0.314. The molecule has 0 amide bonds. The van der Waals surface area contributed by atoms with Crippen molar-refractivity contribution >= 4 is 17.3 Å². The molecule has 4 rings (SSSR count). The van der Waals surface area contributed by atoms with Crippen LogP contribution in [0.2, 0.25) is 0 Å². The first kappa shape index (κ1) is 28.6. The average molecular weight is 517 g/mol. The summed E-state index contributed by atoms with van der Waals surface area (Å²) in [4.78, 5) is 13.8. The Kier molecular flexibility index (Phi) is 11.8. The number of hydrazone groups is 1. The molecule has 10 heteroatoms. The Bertz CT molecular complexity index is 994. The molecule has 2 aliphatic rings. The van der Waals surface area contributed by atoms with E-state index in [0.717, 1.165) is 70.3 Å². The quantitative estimate of drug-likeness (QED) is 0.435. The summed E-state index contributed by atoms with van der Waals surface area (Å²) in [6.45, 7) is 15.1. The highest BCUT2D eigenvalue weighted by Crippen LogP contribution is 2.26. The normalized spacial score (nSPS) is 16.3. The second-order valence-electron chi connectivity index (χ2n) is 8.59. The summed E-state index contributed by atoms with van der Waals surface area (Å²) >= 11 is 0. The molecule has 1 saturated heterocycles. The number of nitrogens with zero attached hydrogens (tertiary/aromatic N) is 5. The van der Waals surface area contributed by atoms with E-state index in [4.69, 9.17) is 14.2 Å². The number of nitrogens with one attached hydrogen (secondary N) is 1. The van der Waals surface area contributed by atoms with E-state index in [1.54, 1.807) is 6.07 Å². The molecule has 1 aromatic heterocycles. The number of fused-ring (bicyclic) bond motifs is 1. The monoisotopic (exact) mass is 516 g/mol. The summed E-state index contributed by atoms with van der Waals surface area (Å²) in [6, 6.07) is 6.67. The maximum Gasteiger partial charge on any atom is 0.320 e. The Labute approximate surface area is 220 Å². The van der Waals surface area contributed by atoms with Gasteiger partial charge in [-0.1, -0.05) is 27.7 Å². The van der Waals surface area contributed by atoms with Gasteiger partial charge in [-0.05, 0) is 31.0 Å². The Balaban J connectivity index is 0.00000186. The summed E-state index contributed by atoms with van der Waals surface area (Å²) < 4.78 is 30.9. The number of rotatable bonds is 11. The van der Waals surface area contributed by atoms with Crippen molar-refractivity contribution in [3.8, 4) is 11.8 Å². The van der Waals surface area contributed by atoms with Crippen LogP contribution in [0, 0.1) is 5.82 Å². The first-order valence-corrected chi connectivity index (χ1v) is 13.5. The standard InChI is InChI=1S/C25H35FN6O3.C2H6/c1-3-8-32(9-4-2)24-18-23(27-25(28-24)35-16-12-31-10-14-33-15-11-31)30-29-21-7-13-34-22-6-5-19(26)17-20(21)22;1-2/h5-6,17-18H,3-4,7-16H2,1-2H3,(H,27,28,30);1-2H3/b29-21+;. The fourth-order valence-corrected chi connectivity index (χ4v) is 4.16. The molecule has 0 atom stereocenters. The zero-order valence-electron chi connectivity index (χ0n) is 22.6. The number of halogens is 1. The van der Waals surface area contributed by atoms with Gasteiger partial charge in [0.15, 0.2) is 5.82 Å². The van der Waals surface area contributed by atoms with Gasteiger partial charge in [0.1, 0.15) is 24.0 Å². The second kappa shape index (κ2) is 15.3. The Morgan fingerprint density at radius 3 is 2.57 bits per heavy atom. The maximum atomic E-state index is 13.8. The fraction of sp³-hybridized carbons (Fsp3) is 0.593. The molecule has 0 spiro atoms. The van der Waals surface area contributed by atoms with E-state index in [2.05, 4.69) is 44.1 Å². The molecule has 1 aromatic carbocycles. The van der Waals surface area contributed by atoms with E-state index in [9.17, 15) is 4.39 Å². The van der Waals surface area contributed by atoms with Crippen molar-refractivity contribution in [3.63, 3.8) is 0 Å². The summed E-state index contributed by atoms with van der Waals surface area (Å²) in [5.74, 6) is 1.64. The average Bonchev–Trinajstić information content (AvgIpc) is 2.93. The molecule has 0 bridgehead atoms. The molecule has 0 saturated carbocycles. The molecule has 9 nitrogen and oxygen atoms in total. The summed E-state index contributed by atoms with van der Waals surface area (Å²) in [7, 11) is 0. The Morgan fingerprint density at radius 1 is 1.08 bits per heavy atom. The summed E-state index contributed by atoms with van der Waals surface area (Å²) in [6.07, 6.45) is 2.58. The third-order valence-electron chi connectivity index (χ3n) is 5.90. The molecular weight excluding hydrogens is 475 g/mol. The van der Waals surface area contributed by atoms with Gasteiger partial charge in [0.2, 0.25) is 0 Å². The van der Waals surface area contributed by atoms with E-state index < -0.39 is 0 Å². The number of ether oxygens (including phenoxy) is 3. The van der Waals surface area contributed by atoms with E-state index in [0.29, 0.717) is 42.8 Å². The topological polar surface area (TPSA) is 84.3 Å². The molecule has 2 aliphatic heterocycles. The minimum atomic E-state index is -0.322. The summed E-state index contributed by atoms with van der Waals surface area (Å²) in [5, 5.41) is 4.56. The minimum Gasteiger partial charge on any atom is -0.492 e. The lowest BCUT2D eigenvalue weighted by molar-refractivity contribution is 0.0317. The lowest BCUT2D eigenvalue weighted by Crippen LogP contribution is -2.38. The number of benzene rings is 1. The van der Waals surface area contributed by atoms with E-state index >= 15 is 0 Å². The van der Waals surface area contributed by atoms with Gasteiger partial charge in [-0.3, -0.25) is 10.3 Å². The van der Waals surface area contributed by atoms with Gasteiger partial charge >= 0.3 is 6.01 Å². The van der Waals surface area contributed by atoms with Crippen LogP contribution in [0.4, 0.5) is 16.0 Å². The highest BCUT2D eigenvalue weighted by molar-refractivity contribution is 6.04. The predicted octanol–water partition coefficient (Wildman–Crippen LogP) is 4.58. The van der Waals surface area contributed by atoms with Gasteiger partial charge in [0.05, 0.1) is 25.5 Å². The largest absolute Gasteiger partial charge is 0.492 e. The third-order valence-corrected chi connectivity index (χ3v) is 5.90. The van der Waals surface area contributed by atoms with E-state index in [-0.39, 0.29) is 5.82 Å². The van der Waals surface area contributed by atoms with Crippen LogP contribution in [0.15, 0.2) is 29.4 Å². The van der Waals surface area contributed by atoms with Gasteiger partial charge in [-0.15, -0.1) is 0 Å². The molecule has 2 aromatic rings. The number of anilines is 2. The van der Waals surface area contributed by atoms with Crippen molar-refractivity contribution in [2.45, 2.75) is 47.0 Å². The van der Waals surface area contributed by atoms with Gasteiger partial charge in [-0.25, -0.2) is 4.39 Å². The first-order chi connectivity index (χ1) is 18.2. The fourth-order valence-electron chi connectivity index (χ4n) is 4.16. The second-order valence-corrected chi connectivity index (χ2v) is 8.59. The maximum absolute atomic E-state index is 13.8. The van der Waals surface area contributed by atoms with Crippen LogP contribution in [-0.4, -0.2) is 79.7 Å². The van der Waals surface area contributed by atoms with Crippen molar-refractivity contribution in [2.24, 2.45) is 5.10 Å². The molecule has 0 unspecified atom stereocenters. The van der Waals surface area contributed by atoms with Crippen molar-refractivity contribution in [1.82, 2.24) is 14.9 Å². The smallest absolute Gasteiger partial charge is 0.320 e. The molecule has 1 N–H and O–H groups in total. The SMILES string of the molecule is CC.CCCN(CCC)c1cc(N/N=C2\CCOc3ccc(F)cc32)nc(OCCN2CCOCC2)n1. The van der Waals surface area contributed by atoms with Crippen LogP contribution in [0.1, 0.15) is 52.5 Å². The van der Waals surface area contributed by atoms with Crippen molar-refractivity contribution in [2.75, 3.05) is 69.5 Å². The van der Waals surface area contributed by atoms with Crippen LogP contribution in [-0.2, 0) is 4.74 Å². The molecule has 3 heterocycles. The van der Waals surface area contributed by atoms with Crippen LogP contribution < -0.4 is 19.8 Å². The summed E-state index contributed by atoms with van der Waals surface area (Å²) in [5.41, 5.74) is 4.43. The zero-order valence-corrected chi connectivity index (χ0v) is 22.6. The molecular formula is C27H41FN6O3. The highest BCUT2D eigenvalue weighted by Gasteiger charge is 2.18. The Morgan fingerprint density at radius 2 is 1.84 bits per heavy atom. The van der Waals surface area contributed by atoms with Crippen molar-refractivity contribution in [1.29, 1.82) is 0 Å². The van der Waals surface area contributed by atoms with E-state index in [1.165, 1.54) is 12.1 Å². The van der Waals surface area contributed by atoms with Gasteiger partial charge in [0, 0.05) is 50.8 Å². The molecule has 0 aliphatic carbocycles. The highest BCUT2D eigenvalue weighted by atomic mass is 19.1. The van der Waals surface area contributed by atoms with Gasteiger partial charge < -0.3 is 19.1 Å². The molecule has 0 radical (unpaired) electrons. The van der Waals surface area contributed by atoms with Crippen LogP contribution >= 0.6 is 0 Å². The number of hydrogen-bond acceptors (Lipinski definition) is 9. The van der Waals surface area contributed by atoms with Crippen LogP contribution in [0.25, 0.3) is 0 Å². The number of morpholine rings is 1. The lowest BCUT2D eigenvalue weighted by atomic mass is 10.0. The predicted molar refractivity (Wildman–Crippen MR) is 146 cm³/mol. The molecule has 204 valence electrons. The third kappa shape index (κ3) is 8.53. The zero-order chi connectivity index (χ0) is 26.5. The Hall–Kier alpha value is -2.98. The van der Waals surface area contributed by atoms with Crippen molar-refractivity contribution in [3.05, 3.63) is 35.6 Å². The van der Waals surface area contributed by atoms with Gasteiger partial charge in [0.25, 0.3) is 0 Å². The van der Waals surface area contributed by atoms with Gasteiger partial charge in [-0.2, -0.15) is 15.1 Å². The lowest BCUT2D eigenvalue weighted by Gasteiger charge is -2.26. The van der Waals surface area contributed by atoms with Crippen LogP contribution in [0.5, 0.6) is 11.8 Å². The number of aromatic nitrogens is 2. The van der Waals surface area contributed by atoms with Crippen molar-refractivity contribution < 1.29 is 18.6 Å². The number of hydrogen-bond donors (Lipinski definition) is 1. The molecule has 1 fully saturated rings. The van der Waals surface area contributed by atoms with Crippen LogP contribution in [0.3, 0.4) is 0 Å². The first-order valence-electron chi connectivity index (χ1n) is 13.5. The van der Waals surface area contributed by atoms with E-state index in [1.807, 2.05) is 19.9 Å².